The van der Waals surface area contributed by atoms with E-state index in [4.69, 9.17) is 5.73 Å². The molecule has 0 spiro atoms. The average molecular weight is 404 g/mol. The molecular formula is C18H23F2NO3S2. The van der Waals surface area contributed by atoms with Gasteiger partial charge >= 0.3 is 0 Å². The van der Waals surface area contributed by atoms with Crippen molar-refractivity contribution in [2.24, 2.45) is 17.6 Å². The highest BCUT2D eigenvalue weighted by atomic mass is 32.2. The van der Waals surface area contributed by atoms with Crippen LogP contribution < -0.4 is 5.73 Å². The van der Waals surface area contributed by atoms with Crippen LogP contribution in [0.5, 0.6) is 0 Å². The SMILES string of the molecule is N[C@H]1CCc2sc(CC(=O)C3CC3)c(S(=O)(=O)CC3CC(F)(F)C3)c2C1. The molecule has 3 aliphatic carbocycles. The van der Waals surface area contributed by atoms with Gasteiger partial charge in [-0.25, -0.2) is 17.2 Å². The first-order chi connectivity index (χ1) is 12.1. The second-order valence-electron chi connectivity index (χ2n) is 8.09. The Hall–Kier alpha value is -0.860. The smallest absolute Gasteiger partial charge is 0.248 e. The molecule has 0 unspecified atom stereocenters. The fraction of sp³-hybridized carbons (Fsp3) is 0.722. The minimum atomic E-state index is -3.70. The summed E-state index contributed by atoms with van der Waals surface area (Å²) in [6.07, 6.45) is 3.19. The fourth-order valence-corrected chi connectivity index (χ4v) is 7.97. The Labute approximate surface area is 156 Å². The molecule has 0 saturated heterocycles. The molecule has 0 radical (unpaired) electrons. The normalized spacial score (nSPS) is 25.6. The van der Waals surface area contributed by atoms with E-state index in [0.717, 1.165) is 36.1 Å². The van der Waals surface area contributed by atoms with Crippen molar-refractivity contribution in [1.29, 1.82) is 0 Å². The first kappa shape index (κ1) is 18.5. The zero-order valence-corrected chi connectivity index (χ0v) is 16.1. The lowest BCUT2D eigenvalue weighted by Gasteiger charge is -2.34. The summed E-state index contributed by atoms with van der Waals surface area (Å²) in [5, 5.41) is 0. The quantitative estimate of drug-likeness (QED) is 0.792. The topological polar surface area (TPSA) is 77.2 Å². The number of rotatable bonds is 6. The number of sulfone groups is 1. The maximum absolute atomic E-state index is 13.1. The van der Waals surface area contributed by atoms with Gasteiger partial charge in [0.1, 0.15) is 5.78 Å². The maximum Gasteiger partial charge on any atom is 0.248 e. The van der Waals surface area contributed by atoms with Crippen molar-refractivity contribution in [3.63, 3.8) is 0 Å². The third-order valence-electron chi connectivity index (χ3n) is 5.63. The zero-order valence-electron chi connectivity index (χ0n) is 14.5. The number of carbonyl (C=O) groups excluding carboxylic acids is 1. The zero-order chi connectivity index (χ0) is 18.7. The van der Waals surface area contributed by atoms with E-state index in [-0.39, 0.29) is 47.7 Å². The monoisotopic (exact) mass is 403 g/mol. The van der Waals surface area contributed by atoms with Crippen molar-refractivity contribution in [2.45, 2.75) is 68.2 Å². The number of thiophene rings is 1. The molecule has 4 nitrogen and oxygen atoms in total. The van der Waals surface area contributed by atoms with Gasteiger partial charge in [0, 0.05) is 41.0 Å². The Morgan fingerprint density at radius 3 is 2.54 bits per heavy atom. The predicted octanol–water partition coefficient (Wildman–Crippen LogP) is 2.90. The number of Topliss-reactive ketones (excluding diaryl/α,β-unsaturated/α-hetero) is 1. The average Bonchev–Trinajstić information content (AvgIpc) is 3.27. The molecule has 3 aliphatic rings. The lowest BCUT2D eigenvalue weighted by molar-refractivity contribution is -0.119. The van der Waals surface area contributed by atoms with Gasteiger partial charge in [-0.2, -0.15) is 0 Å². The molecule has 1 aromatic rings. The summed E-state index contributed by atoms with van der Waals surface area (Å²) >= 11 is 1.41. The summed E-state index contributed by atoms with van der Waals surface area (Å²) in [6, 6.07) is -0.0916. The van der Waals surface area contributed by atoms with Crippen molar-refractivity contribution in [2.75, 3.05) is 5.75 Å². The fourth-order valence-electron chi connectivity index (χ4n) is 4.12. The summed E-state index contributed by atoms with van der Waals surface area (Å²) in [5.41, 5.74) is 6.80. The van der Waals surface area contributed by atoms with Gasteiger partial charge in [0.15, 0.2) is 9.84 Å². The van der Waals surface area contributed by atoms with Gasteiger partial charge < -0.3 is 5.73 Å². The first-order valence-electron chi connectivity index (χ1n) is 9.17. The van der Waals surface area contributed by atoms with E-state index in [1.165, 1.54) is 11.3 Å². The van der Waals surface area contributed by atoms with Crippen molar-refractivity contribution in [3.05, 3.63) is 15.3 Å². The van der Waals surface area contributed by atoms with Crippen LogP contribution in [0.4, 0.5) is 8.78 Å². The van der Waals surface area contributed by atoms with Crippen molar-refractivity contribution in [3.8, 4) is 0 Å². The number of aryl methyl sites for hydroxylation is 1. The second kappa shape index (κ2) is 6.34. The van der Waals surface area contributed by atoms with Gasteiger partial charge in [-0.1, -0.05) is 0 Å². The van der Waals surface area contributed by atoms with E-state index in [1.807, 2.05) is 0 Å². The summed E-state index contributed by atoms with van der Waals surface area (Å²) in [6.45, 7) is 0. The highest BCUT2D eigenvalue weighted by molar-refractivity contribution is 7.91. The van der Waals surface area contributed by atoms with Crippen LogP contribution in [0.25, 0.3) is 0 Å². The van der Waals surface area contributed by atoms with Crippen LogP contribution in [0.15, 0.2) is 4.90 Å². The van der Waals surface area contributed by atoms with Gasteiger partial charge in [-0.05, 0) is 43.6 Å². The summed E-state index contributed by atoms with van der Waals surface area (Å²) in [7, 11) is -3.70. The van der Waals surface area contributed by atoms with Crippen LogP contribution >= 0.6 is 11.3 Å². The number of alkyl halides is 2. The number of halogens is 2. The summed E-state index contributed by atoms with van der Waals surface area (Å²) < 4.78 is 52.4. The Balaban J connectivity index is 1.65. The van der Waals surface area contributed by atoms with E-state index >= 15 is 0 Å². The molecule has 4 rings (SSSR count). The lowest BCUT2D eigenvalue weighted by atomic mass is 9.83. The number of hydrogen-bond acceptors (Lipinski definition) is 5. The Morgan fingerprint density at radius 1 is 1.23 bits per heavy atom. The summed E-state index contributed by atoms with van der Waals surface area (Å²) in [4.78, 5) is 14.1. The van der Waals surface area contributed by atoms with E-state index in [0.29, 0.717) is 11.3 Å². The largest absolute Gasteiger partial charge is 0.327 e. The third-order valence-corrected chi connectivity index (χ3v) is 9.07. The predicted molar refractivity (Wildman–Crippen MR) is 95.5 cm³/mol. The van der Waals surface area contributed by atoms with Crippen LogP contribution in [-0.2, 0) is 33.9 Å². The first-order valence-corrected chi connectivity index (χ1v) is 11.6. The van der Waals surface area contributed by atoms with Crippen molar-refractivity contribution < 1.29 is 22.0 Å². The molecule has 1 heterocycles. The van der Waals surface area contributed by atoms with Gasteiger partial charge in [0.2, 0.25) is 5.92 Å². The van der Waals surface area contributed by atoms with Crippen LogP contribution in [0.2, 0.25) is 0 Å². The number of ketones is 1. The molecule has 144 valence electrons. The molecule has 1 aromatic heterocycles. The molecule has 2 saturated carbocycles. The number of hydrogen-bond donors (Lipinski definition) is 1. The Morgan fingerprint density at radius 2 is 1.92 bits per heavy atom. The standard InChI is InChI=1S/C18H23F2NO3S2/c19-18(20)7-10(8-18)9-26(23,24)17-13-5-12(21)3-4-15(13)25-16(17)6-14(22)11-1-2-11/h10-12H,1-9,21H2/t12-/m0/s1. The highest BCUT2D eigenvalue weighted by Gasteiger charge is 2.47. The van der Waals surface area contributed by atoms with Gasteiger partial charge in [-0.3, -0.25) is 4.79 Å². The summed E-state index contributed by atoms with van der Waals surface area (Å²) in [5.74, 6) is -3.33. The van der Waals surface area contributed by atoms with Crippen LogP contribution in [-0.4, -0.2) is 31.9 Å². The van der Waals surface area contributed by atoms with Gasteiger partial charge in [0.25, 0.3) is 0 Å². The Kier molecular flexibility index (Phi) is 4.51. The third kappa shape index (κ3) is 3.60. The maximum atomic E-state index is 13.1. The number of fused-ring (bicyclic) bond motifs is 1. The minimum absolute atomic E-state index is 0.0669. The van der Waals surface area contributed by atoms with Crippen molar-refractivity contribution in [1.82, 2.24) is 0 Å². The number of carbonyl (C=O) groups is 1. The molecular weight excluding hydrogens is 380 g/mol. The van der Waals surface area contributed by atoms with Crippen LogP contribution in [0, 0.1) is 11.8 Å². The molecule has 0 bridgehead atoms. The molecule has 2 fully saturated rings. The minimum Gasteiger partial charge on any atom is -0.327 e. The van der Waals surface area contributed by atoms with Gasteiger partial charge in [-0.15, -0.1) is 11.3 Å². The highest BCUT2D eigenvalue weighted by Crippen LogP contribution is 2.45. The van der Waals surface area contributed by atoms with E-state index in [1.54, 1.807) is 0 Å². The van der Waals surface area contributed by atoms with Crippen LogP contribution in [0.1, 0.15) is 47.4 Å². The molecule has 26 heavy (non-hydrogen) atoms. The molecule has 8 heteroatoms. The van der Waals surface area contributed by atoms with E-state index < -0.39 is 21.7 Å². The molecule has 1 atom stereocenters. The van der Waals surface area contributed by atoms with Gasteiger partial charge in [0.05, 0.1) is 10.6 Å². The second-order valence-corrected chi connectivity index (χ2v) is 11.2. The Bertz CT molecular complexity index is 835. The molecule has 0 aromatic carbocycles. The lowest BCUT2D eigenvalue weighted by Crippen LogP contribution is -2.39. The molecule has 2 N–H and O–H groups in total. The number of nitrogens with two attached hydrogens (primary N) is 1. The molecule has 0 aliphatic heterocycles. The van der Waals surface area contributed by atoms with Crippen LogP contribution in [0.3, 0.4) is 0 Å². The van der Waals surface area contributed by atoms with Crippen molar-refractivity contribution >= 4 is 27.0 Å². The molecule has 0 amide bonds. The van der Waals surface area contributed by atoms with E-state index in [9.17, 15) is 22.0 Å². The van der Waals surface area contributed by atoms with E-state index in [2.05, 4.69) is 0 Å².